The van der Waals surface area contributed by atoms with Gasteiger partial charge in [0.25, 0.3) is 0 Å². The lowest BCUT2D eigenvalue weighted by Gasteiger charge is -2.11. The Morgan fingerprint density at radius 3 is 2.62 bits per heavy atom. The average molecular weight is 425 g/mol. The topological polar surface area (TPSA) is 107 Å². The molecule has 160 valence electrons. The molecule has 8 nitrogen and oxygen atoms in total. The zero-order valence-electron chi connectivity index (χ0n) is 17.6. The molecule has 0 amide bonds. The summed E-state index contributed by atoms with van der Waals surface area (Å²) in [6.45, 7) is 1.11. The SMILES string of the molecule is CNCc1nccn1-c1ccc(-c2ncc3ncn(-c4cccc(CN)c4)c3c2O)cc1. The molecule has 0 saturated heterocycles. The molecule has 0 spiro atoms. The predicted octanol–water partition coefficient (Wildman–Crippen LogP) is 3.16. The molecule has 8 heteroatoms. The minimum absolute atomic E-state index is 0.0874. The summed E-state index contributed by atoms with van der Waals surface area (Å²) >= 11 is 0. The number of imidazole rings is 2. The highest BCUT2D eigenvalue weighted by Gasteiger charge is 2.16. The first-order valence-electron chi connectivity index (χ1n) is 10.3. The lowest BCUT2D eigenvalue weighted by molar-refractivity contribution is 0.479. The van der Waals surface area contributed by atoms with Gasteiger partial charge in [-0.2, -0.15) is 0 Å². The Labute approximate surface area is 185 Å². The van der Waals surface area contributed by atoms with Crippen LogP contribution in [0.3, 0.4) is 0 Å². The van der Waals surface area contributed by atoms with Crippen molar-refractivity contribution in [2.24, 2.45) is 5.73 Å². The summed E-state index contributed by atoms with van der Waals surface area (Å²) in [7, 11) is 1.89. The zero-order chi connectivity index (χ0) is 22.1. The van der Waals surface area contributed by atoms with E-state index in [0.29, 0.717) is 29.8 Å². The number of nitrogens with two attached hydrogens (primary N) is 1. The third kappa shape index (κ3) is 3.41. The molecule has 5 rings (SSSR count). The van der Waals surface area contributed by atoms with E-state index in [4.69, 9.17) is 5.73 Å². The van der Waals surface area contributed by atoms with Crippen molar-refractivity contribution in [3.8, 4) is 28.4 Å². The van der Waals surface area contributed by atoms with Crippen molar-refractivity contribution in [1.82, 2.24) is 29.4 Å². The van der Waals surface area contributed by atoms with Crippen LogP contribution >= 0.6 is 0 Å². The molecule has 0 aliphatic heterocycles. The smallest absolute Gasteiger partial charge is 0.168 e. The molecule has 0 saturated carbocycles. The molecule has 0 aliphatic carbocycles. The molecule has 3 heterocycles. The summed E-state index contributed by atoms with van der Waals surface area (Å²) in [5, 5.41) is 14.3. The van der Waals surface area contributed by atoms with Crippen LogP contribution in [0.25, 0.3) is 33.7 Å². The van der Waals surface area contributed by atoms with Crippen molar-refractivity contribution >= 4 is 11.0 Å². The number of pyridine rings is 1. The second-order valence-electron chi connectivity index (χ2n) is 7.47. The fourth-order valence-electron chi connectivity index (χ4n) is 3.87. The summed E-state index contributed by atoms with van der Waals surface area (Å²) in [5.74, 6) is 1.01. The van der Waals surface area contributed by atoms with Crippen LogP contribution in [0.4, 0.5) is 0 Å². The number of hydrogen-bond acceptors (Lipinski definition) is 6. The van der Waals surface area contributed by atoms with Crippen LogP contribution in [-0.4, -0.2) is 36.2 Å². The quantitative estimate of drug-likeness (QED) is 0.386. The van der Waals surface area contributed by atoms with Crippen LogP contribution in [0.2, 0.25) is 0 Å². The van der Waals surface area contributed by atoms with Crippen LogP contribution in [0, 0.1) is 0 Å². The zero-order valence-corrected chi connectivity index (χ0v) is 17.6. The van der Waals surface area contributed by atoms with Crippen molar-refractivity contribution in [1.29, 1.82) is 0 Å². The molecule has 0 fully saturated rings. The molecule has 4 N–H and O–H groups in total. The van der Waals surface area contributed by atoms with Crippen molar-refractivity contribution in [2.75, 3.05) is 7.05 Å². The summed E-state index contributed by atoms with van der Waals surface area (Å²) in [6, 6.07) is 15.7. The lowest BCUT2D eigenvalue weighted by Crippen LogP contribution is -2.11. The standard InChI is InChI=1S/C24H23N7O/c1-26-14-21-27-9-10-30(21)18-7-5-17(6-8-18)22-24(32)23-20(13-28-22)29-15-31(23)19-4-2-3-16(11-19)12-25/h2-11,13,15,26,32H,12,14,25H2,1H3. The van der Waals surface area contributed by atoms with Crippen LogP contribution in [0.5, 0.6) is 5.75 Å². The first kappa shape index (κ1) is 19.9. The summed E-state index contributed by atoms with van der Waals surface area (Å²) in [4.78, 5) is 13.3. The van der Waals surface area contributed by atoms with Gasteiger partial charge < -0.3 is 20.7 Å². The fraction of sp³-hybridized carbons (Fsp3) is 0.125. The number of rotatable bonds is 6. The number of nitrogens with zero attached hydrogens (tertiary/aromatic N) is 5. The maximum Gasteiger partial charge on any atom is 0.168 e. The predicted molar refractivity (Wildman–Crippen MR) is 124 cm³/mol. The number of hydrogen-bond donors (Lipinski definition) is 3. The summed E-state index contributed by atoms with van der Waals surface area (Å²) in [5.41, 5.74) is 11.2. The third-order valence-corrected chi connectivity index (χ3v) is 5.46. The minimum Gasteiger partial charge on any atom is -0.504 e. The van der Waals surface area contributed by atoms with Gasteiger partial charge in [0.2, 0.25) is 0 Å². The van der Waals surface area contributed by atoms with Gasteiger partial charge in [-0.25, -0.2) is 15.0 Å². The maximum atomic E-state index is 11.2. The largest absolute Gasteiger partial charge is 0.504 e. The molecule has 0 atom stereocenters. The Morgan fingerprint density at radius 2 is 1.84 bits per heavy atom. The molecular weight excluding hydrogens is 402 g/mol. The van der Waals surface area contributed by atoms with Gasteiger partial charge in [0.1, 0.15) is 28.9 Å². The number of aromatic nitrogens is 5. The fourth-order valence-corrected chi connectivity index (χ4v) is 3.87. The molecule has 0 bridgehead atoms. The van der Waals surface area contributed by atoms with Gasteiger partial charge in [-0.1, -0.05) is 24.3 Å². The van der Waals surface area contributed by atoms with E-state index in [0.717, 1.165) is 28.3 Å². The Hall–Kier alpha value is -4.01. The highest BCUT2D eigenvalue weighted by atomic mass is 16.3. The van der Waals surface area contributed by atoms with E-state index in [9.17, 15) is 5.11 Å². The van der Waals surface area contributed by atoms with Crippen LogP contribution in [-0.2, 0) is 13.1 Å². The number of nitrogens with one attached hydrogen (secondary N) is 1. The van der Waals surface area contributed by atoms with Gasteiger partial charge in [-0.15, -0.1) is 0 Å². The number of fused-ring (bicyclic) bond motifs is 1. The monoisotopic (exact) mass is 425 g/mol. The van der Waals surface area contributed by atoms with Crippen molar-refractivity contribution < 1.29 is 5.11 Å². The van der Waals surface area contributed by atoms with Crippen LogP contribution in [0.15, 0.2) is 73.4 Å². The molecule has 0 aliphatic rings. The first-order valence-corrected chi connectivity index (χ1v) is 10.3. The molecule has 5 aromatic rings. The molecule has 3 aromatic heterocycles. The van der Waals surface area contributed by atoms with Crippen LogP contribution < -0.4 is 11.1 Å². The number of aromatic hydroxyl groups is 1. The average Bonchev–Trinajstić information content (AvgIpc) is 3.47. The second kappa shape index (κ2) is 8.26. The van der Waals surface area contributed by atoms with E-state index < -0.39 is 0 Å². The Kier molecular flexibility index (Phi) is 5.14. The van der Waals surface area contributed by atoms with E-state index in [1.165, 1.54) is 0 Å². The normalized spacial score (nSPS) is 11.3. The molecular formula is C24H23N7O. The van der Waals surface area contributed by atoms with Gasteiger partial charge in [-0.3, -0.25) is 4.57 Å². The highest BCUT2D eigenvalue weighted by molar-refractivity contribution is 5.89. The van der Waals surface area contributed by atoms with Gasteiger partial charge >= 0.3 is 0 Å². The van der Waals surface area contributed by atoms with Gasteiger partial charge in [-0.05, 0) is 36.9 Å². The van der Waals surface area contributed by atoms with Gasteiger partial charge in [0.15, 0.2) is 5.75 Å². The molecule has 32 heavy (non-hydrogen) atoms. The van der Waals surface area contributed by atoms with E-state index in [2.05, 4.69) is 20.3 Å². The van der Waals surface area contributed by atoms with E-state index in [-0.39, 0.29) is 5.75 Å². The highest BCUT2D eigenvalue weighted by Crippen LogP contribution is 2.35. The molecule has 0 unspecified atom stereocenters. The maximum absolute atomic E-state index is 11.2. The second-order valence-corrected chi connectivity index (χ2v) is 7.47. The van der Waals surface area contributed by atoms with E-state index in [1.54, 1.807) is 18.7 Å². The van der Waals surface area contributed by atoms with Crippen LogP contribution in [0.1, 0.15) is 11.4 Å². The summed E-state index contributed by atoms with van der Waals surface area (Å²) in [6.07, 6.45) is 7.08. The first-order chi connectivity index (χ1) is 15.7. The Bertz CT molecular complexity index is 1390. The minimum atomic E-state index is 0.0874. The van der Waals surface area contributed by atoms with Gasteiger partial charge in [0, 0.05) is 35.9 Å². The molecule has 0 radical (unpaired) electrons. The molecule has 2 aromatic carbocycles. The summed E-state index contributed by atoms with van der Waals surface area (Å²) < 4.78 is 3.88. The van der Waals surface area contributed by atoms with Crippen molar-refractivity contribution in [3.05, 3.63) is 84.8 Å². The van der Waals surface area contributed by atoms with Crippen molar-refractivity contribution in [3.63, 3.8) is 0 Å². The third-order valence-electron chi connectivity index (χ3n) is 5.46. The van der Waals surface area contributed by atoms with E-state index >= 15 is 0 Å². The van der Waals surface area contributed by atoms with Gasteiger partial charge in [0.05, 0.1) is 12.7 Å². The van der Waals surface area contributed by atoms with E-state index in [1.807, 2.05) is 70.9 Å². The van der Waals surface area contributed by atoms with Crippen molar-refractivity contribution in [2.45, 2.75) is 13.1 Å². The lowest BCUT2D eigenvalue weighted by atomic mass is 10.1. The Morgan fingerprint density at radius 1 is 1.00 bits per heavy atom. The Balaban J connectivity index is 1.56. The number of benzene rings is 2.